The number of carbonyl (C=O) groups excluding carboxylic acids is 2. The summed E-state index contributed by atoms with van der Waals surface area (Å²) in [5, 5.41) is 10.3. The molecule has 1 atom stereocenters. The first-order chi connectivity index (χ1) is 19.8. The van der Waals surface area contributed by atoms with Crippen molar-refractivity contribution in [1.82, 2.24) is 15.4 Å². The molecule has 2 amide bonds. The van der Waals surface area contributed by atoms with Gasteiger partial charge in [0.1, 0.15) is 4.75 Å². The van der Waals surface area contributed by atoms with Crippen molar-refractivity contribution in [2.24, 2.45) is 0 Å². The highest BCUT2D eigenvalue weighted by molar-refractivity contribution is 7.92. The zero-order chi connectivity index (χ0) is 28.6. The second-order valence-electron chi connectivity index (χ2n) is 9.82. The zero-order valence-electron chi connectivity index (χ0n) is 21.6. The monoisotopic (exact) mass is 607 g/mol. The van der Waals surface area contributed by atoms with Crippen LogP contribution in [0, 0.1) is 0 Å². The Kier molecular flexibility index (Phi) is 7.24. The molecule has 1 unspecified atom stereocenters. The van der Waals surface area contributed by atoms with Gasteiger partial charge in [-0.05, 0) is 41.6 Å². The van der Waals surface area contributed by atoms with E-state index in [0.717, 1.165) is 26.1 Å². The first-order valence-corrected chi connectivity index (χ1v) is 16.1. The summed E-state index contributed by atoms with van der Waals surface area (Å²) < 4.78 is 32.6. The van der Waals surface area contributed by atoms with Crippen LogP contribution in [-0.2, 0) is 19.4 Å². The minimum absolute atomic E-state index is 0.0131. The third-order valence-corrected chi connectivity index (χ3v) is 12.5. The second kappa shape index (κ2) is 10.9. The summed E-state index contributed by atoms with van der Waals surface area (Å²) >= 11 is 2.66. The number of hydroxylamine groups is 1. The van der Waals surface area contributed by atoms with Crippen LogP contribution < -0.4 is 5.48 Å². The summed E-state index contributed by atoms with van der Waals surface area (Å²) in [7, 11) is -3.93. The molecule has 2 N–H and O–H groups in total. The van der Waals surface area contributed by atoms with E-state index < -0.39 is 26.9 Å². The van der Waals surface area contributed by atoms with Gasteiger partial charge in [0.25, 0.3) is 5.91 Å². The molecule has 1 saturated heterocycles. The van der Waals surface area contributed by atoms with Gasteiger partial charge in [-0.3, -0.25) is 14.8 Å². The van der Waals surface area contributed by atoms with E-state index in [0.29, 0.717) is 15.5 Å². The first-order valence-electron chi connectivity index (χ1n) is 12.8. The van der Waals surface area contributed by atoms with Gasteiger partial charge in [0, 0.05) is 33.1 Å². The van der Waals surface area contributed by atoms with E-state index in [-0.39, 0.29) is 31.2 Å². The molecule has 12 heteroatoms. The Morgan fingerprint density at radius 1 is 1.02 bits per heavy atom. The lowest BCUT2D eigenvalue weighted by atomic mass is 9.97. The highest BCUT2D eigenvalue weighted by Gasteiger charge is 2.50. The Morgan fingerprint density at radius 3 is 2.54 bits per heavy atom. The van der Waals surface area contributed by atoms with Crippen LogP contribution >= 0.6 is 22.7 Å². The van der Waals surface area contributed by atoms with Gasteiger partial charge in [0.2, 0.25) is 5.91 Å². The van der Waals surface area contributed by atoms with E-state index in [1.807, 2.05) is 60.7 Å². The lowest BCUT2D eigenvalue weighted by Gasteiger charge is -2.30. The van der Waals surface area contributed by atoms with Crippen LogP contribution in [0.4, 0.5) is 0 Å². The molecule has 0 spiro atoms. The van der Waals surface area contributed by atoms with Crippen molar-refractivity contribution in [3.8, 4) is 21.8 Å². The van der Waals surface area contributed by atoms with Gasteiger partial charge in [0.15, 0.2) is 22.0 Å². The number of carbonyl (C=O) groups is 2. The van der Waals surface area contributed by atoms with Crippen molar-refractivity contribution in [2.45, 2.75) is 17.6 Å². The number of thiophene rings is 2. The fourth-order valence-corrected chi connectivity index (χ4v) is 9.85. The summed E-state index contributed by atoms with van der Waals surface area (Å²) in [4.78, 5) is 33.3. The smallest absolute Gasteiger partial charge is 0.263 e. The van der Waals surface area contributed by atoms with Crippen molar-refractivity contribution in [3.05, 3.63) is 89.1 Å². The molecule has 1 aliphatic rings. The number of benzene rings is 2. The van der Waals surface area contributed by atoms with Gasteiger partial charge in [-0.15, -0.1) is 22.7 Å². The van der Waals surface area contributed by atoms with Crippen LogP contribution in [0.2, 0.25) is 0 Å². The summed E-state index contributed by atoms with van der Waals surface area (Å²) in [6, 6.07) is 20.7. The number of sulfone groups is 1. The molecule has 4 heterocycles. The van der Waals surface area contributed by atoms with E-state index in [1.165, 1.54) is 29.1 Å². The molecule has 210 valence electrons. The zero-order valence-corrected chi connectivity index (χ0v) is 24.1. The van der Waals surface area contributed by atoms with Crippen molar-refractivity contribution in [3.63, 3.8) is 0 Å². The van der Waals surface area contributed by atoms with Gasteiger partial charge in [0.05, 0.1) is 23.2 Å². The van der Waals surface area contributed by atoms with Crippen LogP contribution in [0.3, 0.4) is 0 Å². The fourth-order valence-electron chi connectivity index (χ4n) is 5.21. The number of fused-ring (bicyclic) bond motifs is 1. The molecule has 2 aromatic carbocycles. The predicted molar refractivity (Wildman–Crippen MR) is 158 cm³/mol. The van der Waals surface area contributed by atoms with Gasteiger partial charge < -0.3 is 9.32 Å². The second-order valence-corrected chi connectivity index (χ2v) is 14.4. The molecule has 1 aliphatic heterocycles. The van der Waals surface area contributed by atoms with Crippen molar-refractivity contribution >= 4 is 54.4 Å². The normalized spacial score (nSPS) is 18.7. The minimum atomic E-state index is -3.93. The summed E-state index contributed by atoms with van der Waals surface area (Å²) in [5.41, 5.74) is 3.34. The number of aromatic nitrogens is 1. The maximum absolute atomic E-state index is 13.9. The first kappa shape index (κ1) is 27.3. The van der Waals surface area contributed by atoms with Crippen LogP contribution in [-0.4, -0.2) is 54.2 Å². The molecule has 0 radical (unpaired) electrons. The Balaban J connectivity index is 1.32. The molecule has 3 aromatic heterocycles. The third kappa shape index (κ3) is 5.08. The SMILES string of the molecule is O=C(CC1(c2ccc(-c3ccc(-c4cnco4)cc3)s2)CCN(C(=O)c2cc3ccccc3s2)CCS1(=O)=O)NO. The molecule has 5 aromatic rings. The number of hydrogen-bond acceptors (Lipinski definition) is 9. The molecule has 0 aliphatic carbocycles. The molecular weight excluding hydrogens is 583 g/mol. The molecular formula is C29H25N3O6S3. The van der Waals surface area contributed by atoms with Gasteiger partial charge >= 0.3 is 0 Å². The number of rotatable bonds is 6. The van der Waals surface area contributed by atoms with Crippen molar-refractivity contribution < 1.29 is 27.6 Å². The Hall–Kier alpha value is -3.84. The van der Waals surface area contributed by atoms with Gasteiger partial charge in [-0.25, -0.2) is 18.9 Å². The van der Waals surface area contributed by atoms with E-state index in [1.54, 1.807) is 22.6 Å². The van der Waals surface area contributed by atoms with Gasteiger partial charge in [-0.1, -0.05) is 42.5 Å². The summed E-state index contributed by atoms with van der Waals surface area (Å²) in [6.45, 7) is 0.156. The minimum Gasteiger partial charge on any atom is -0.444 e. The van der Waals surface area contributed by atoms with Crippen molar-refractivity contribution in [1.29, 1.82) is 0 Å². The van der Waals surface area contributed by atoms with Crippen LogP contribution in [0.15, 0.2) is 83.7 Å². The lowest BCUT2D eigenvalue weighted by molar-refractivity contribution is -0.129. The summed E-state index contributed by atoms with van der Waals surface area (Å²) in [6.07, 6.45) is 2.55. The molecule has 0 saturated carbocycles. The predicted octanol–water partition coefficient (Wildman–Crippen LogP) is 5.34. The Labute approximate surface area is 243 Å². The average Bonchev–Trinajstić information content (AvgIpc) is 3.76. The number of oxazole rings is 1. The van der Waals surface area contributed by atoms with E-state index in [4.69, 9.17) is 4.42 Å². The quantitative estimate of drug-likeness (QED) is 0.197. The molecule has 6 rings (SSSR count). The van der Waals surface area contributed by atoms with E-state index in [2.05, 4.69) is 4.98 Å². The number of hydrogen-bond donors (Lipinski definition) is 2. The van der Waals surface area contributed by atoms with Crippen LogP contribution in [0.25, 0.3) is 31.9 Å². The maximum Gasteiger partial charge on any atom is 0.263 e. The largest absolute Gasteiger partial charge is 0.444 e. The Bertz CT molecular complexity index is 1790. The van der Waals surface area contributed by atoms with Gasteiger partial charge in [-0.2, -0.15) is 0 Å². The van der Waals surface area contributed by atoms with Crippen molar-refractivity contribution in [2.75, 3.05) is 18.8 Å². The highest BCUT2D eigenvalue weighted by atomic mass is 32.2. The highest BCUT2D eigenvalue weighted by Crippen LogP contribution is 2.45. The molecule has 1 fully saturated rings. The fraction of sp³-hybridized carbons (Fsp3) is 0.207. The third-order valence-electron chi connectivity index (χ3n) is 7.45. The molecule has 0 bridgehead atoms. The lowest BCUT2D eigenvalue weighted by Crippen LogP contribution is -2.41. The number of nitrogens with one attached hydrogen (secondary N) is 1. The van der Waals surface area contributed by atoms with E-state index >= 15 is 0 Å². The van der Waals surface area contributed by atoms with E-state index in [9.17, 15) is 23.2 Å². The maximum atomic E-state index is 13.9. The molecule has 41 heavy (non-hydrogen) atoms. The number of nitrogens with zero attached hydrogens (tertiary/aromatic N) is 2. The standard InChI is InChI=1S/C29H25N3O6S3/c33-27(31-35)16-29(26-10-9-24(40-26)20-7-5-19(6-8-20)22-17-30-18-38-22)11-12-32(13-14-41(29,36)37)28(34)25-15-21-3-1-2-4-23(21)39-25/h1-10,15,17-18,35H,11-14,16H2,(H,31,33). The Morgan fingerprint density at radius 2 is 1.80 bits per heavy atom. The topological polar surface area (TPSA) is 130 Å². The van der Waals surface area contributed by atoms with Crippen LogP contribution in [0.5, 0.6) is 0 Å². The average molecular weight is 608 g/mol. The number of amides is 2. The molecule has 9 nitrogen and oxygen atoms in total. The van der Waals surface area contributed by atoms with Crippen LogP contribution in [0.1, 0.15) is 27.4 Å². The summed E-state index contributed by atoms with van der Waals surface area (Å²) in [5.74, 6) is -0.704.